The number of hydrogen-bond donors (Lipinski definition) is 0. The zero-order valence-electron chi connectivity index (χ0n) is 8.42. The van der Waals surface area contributed by atoms with Crippen molar-refractivity contribution in [2.24, 2.45) is 0 Å². The van der Waals surface area contributed by atoms with Gasteiger partial charge in [-0.3, -0.25) is 9.59 Å². The minimum atomic E-state index is -1.16. The first kappa shape index (κ1) is 16.2. The number of rotatable bonds is 1. The third-order valence-corrected chi connectivity index (χ3v) is 4.45. The van der Waals surface area contributed by atoms with E-state index in [4.69, 9.17) is 34.8 Å². The molecular formula is C10H10BrCl3O2. The maximum absolute atomic E-state index is 10.3. The minimum Gasteiger partial charge on any atom is -0.290 e. The lowest BCUT2D eigenvalue weighted by Crippen LogP contribution is -2.17. The number of allylic oxidation sites excluding steroid dienone is 4. The molecule has 1 atom stereocenters. The minimum absolute atomic E-state index is 0.0417. The fourth-order valence-electron chi connectivity index (χ4n) is 0.671. The summed E-state index contributed by atoms with van der Waals surface area (Å²) >= 11 is 19.6. The van der Waals surface area contributed by atoms with Gasteiger partial charge in [-0.05, 0) is 30.7 Å². The maximum Gasteiger partial charge on any atom is 0.202 e. The van der Waals surface area contributed by atoms with Crippen LogP contribution in [0.4, 0.5) is 0 Å². The summed E-state index contributed by atoms with van der Waals surface area (Å²) in [6, 6.07) is 0. The molecule has 0 aliphatic heterocycles. The van der Waals surface area contributed by atoms with Crippen molar-refractivity contribution in [3.63, 3.8) is 0 Å². The SMILES string of the molecule is CCC(Br)C(Cl)(Cl)Cl.O=C1C=CC(=O)C=C1. The van der Waals surface area contributed by atoms with Crippen molar-refractivity contribution < 1.29 is 9.59 Å². The van der Waals surface area contributed by atoms with E-state index in [0.29, 0.717) is 0 Å². The monoisotopic (exact) mass is 346 g/mol. The van der Waals surface area contributed by atoms with Gasteiger partial charge < -0.3 is 0 Å². The molecule has 0 heterocycles. The molecule has 1 aliphatic carbocycles. The van der Waals surface area contributed by atoms with Gasteiger partial charge in [0, 0.05) is 0 Å². The Bertz CT molecular complexity index is 281. The molecule has 16 heavy (non-hydrogen) atoms. The summed E-state index contributed by atoms with van der Waals surface area (Å²) in [6.45, 7) is 1.95. The van der Waals surface area contributed by atoms with Crippen LogP contribution in [0.1, 0.15) is 13.3 Å². The number of hydrogen-bond acceptors (Lipinski definition) is 2. The molecular weight excluding hydrogens is 338 g/mol. The molecule has 0 bridgehead atoms. The van der Waals surface area contributed by atoms with Crippen molar-refractivity contribution in [3.05, 3.63) is 24.3 Å². The van der Waals surface area contributed by atoms with Crippen LogP contribution in [0.15, 0.2) is 24.3 Å². The van der Waals surface area contributed by atoms with E-state index in [2.05, 4.69) is 15.9 Å². The van der Waals surface area contributed by atoms with Gasteiger partial charge in [-0.2, -0.15) is 0 Å². The average molecular weight is 348 g/mol. The molecule has 0 saturated carbocycles. The van der Waals surface area contributed by atoms with Crippen LogP contribution < -0.4 is 0 Å². The van der Waals surface area contributed by atoms with Crippen molar-refractivity contribution in [1.29, 1.82) is 0 Å². The first-order valence-electron chi connectivity index (χ1n) is 4.42. The number of ketones is 2. The zero-order valence-corrected chi connectivity index (χ0v) is 12.3. The van der Waals surface area contributed by atoms with Crippen molar-refractivity contribution >= 4 is 62.3 Å². The van der Waals surface area contributed by atoms with Crippen LogP contribution in [0.3, 0.4) is 0 Å². The van der Waals surface area contributed by atoms with E-state index in [1.165, 1.54) is 24.3 Å². The van der Waals surface area contributed by atoms with E-state index in [1.807, 2.05) is 6.92 Å². The first-order valence-corrected chi connectivity index (χ1v) is 6.47. The highest BCUT2D eigenvalue weighted by atomic mass is 79.9. The zero-order chi connectivity index (χ0) is 12.8. The van der Waals surface area contributed by atoms with Gasteiger partial charge in [0.05, 0.1) is 4.83 Å². The maximum atomic E-state index is 10.3. The Morgan fingerprint density at radius 3 is 1.56 bits per heavy atom. The lowest BCUT2D eigenvalue weighted by Gasteiger charge is -2.15. The van der Waals surface area contributed by atoms with Gasteiger partial charge in [0.25, 0.3) is 0 Å². The smallest absolute Gasteiger partial charge is 0.202 e. The van der Waals surface area contributed by atoms with Crippen LogP contribution in [0.25, 0.3) is 0 Å². The molecule has 6 heteroatoms. The summed E-state index contributed by atoms with van der Waals surface area (Å²) < 4.78 is -1.16. The van der Waals surface area contributed by atoms with Crippen molar-refractivity contribution in [1.82, 2.24) is 0 Å². The number of carbonyl (C=O) groups excluding carboxylic acids is 2. The molecule has 0 aromatic carbocycles. The predicted molar refractivity (Wildman–Crippen MR) is 71.6 cm³/mol. The standard InChI is InChI=1S/C6H4O2.C4H6BrCl3/c7-5-1-2-6(8)4-3-5;1-2-3(5)4(6,7)8/h1-4H;3H,2H2,1H3. The Balaban J connectivity index is 0.000000281. The van der Waals surface area contributed by atoms with E-state index in [-0.39, 0.29) is 16.4 Å². The van der Waals surface area contributed by atoms with Gasteiger partial charge >= 0.3 is 0 Å². The quantitative estimate of drug-likeness (QED) is 0.534. The van der Waals surface area contributed by atoms with Crippen LogP contribution in [0, 0.1) is 0 Å². The summed E-state index contributed by atoms with van der Waals surface area (Å²) in [4.78, 5) is 20.5. The molecule has 0 saturated heterocycles. The van der Waals surface area contributed by atoms with Gasteiger partial charge in [0.2, 0.25) is 3.79 Å². The van der Waals surface area contributed by atoms with Gasteiger partial charge in [-0.1, -0.05) is 57.7 Å². The molecule has 1 rings (SSSR count). The molecule has 0 spiro atoms. The molecule has 0 N–H and O–H groups in total. The van der Waals surface area contributed by atoms with E-state index >= 15 is 0 Å². The Morgan fingerprint density at radius 2 is 1.44 bits per heavy atom. The molecule has 0 aromatic rings. The third-order valence-electron chi connectivity index (χ3n) is 1.54. The topological polar surface area (TPSA) is 34.1 Å². The largest absolute Gasteiger partial charge is 0.290 e. The van der Waals surface area contributed by atoms with Crippen LogP contribution in [-0.4, -0.2) is 20.2 Å². The highest BCUT2D eigenvalue weighted by molar-refractivity contribution is 9.09. The van der Waals surface area contributed by atoms with Gasteiger partial charge in [0.15, 0.2) is 11.6 Å². The second-order valence-corrected chi connectivity index (χ2v) is 6.36. The molecule has 0 fully saturated rings. The van der Waals surface area contributed by atoms with E-state index in [0.717, 1.165) is 6.42 Å². The van der Waals surface area contributed by atoms with E-state index < -0.39 is 3.79 Å². The van der Waals surface area contributed by atoms with Gasteiger partial charge in [-0.15, -0.1) is 0 Å². The molecule has 0 radical (unpaired) electrons. The second-order valence-electron chi connectivity index (χ2n) is 2.89. The number of halogens is 4. The van der Waals surface area contributed by atoms with Crippen LogP contribution >= 0.6 is 50.7 Å². The lowest BCUT2D eigenvalue weighted by molar-refractivity contribution is -0.113. The molecule has 90 valence electrons. The summed E-state index contributed by atoms with van der Waals surface area (Å²) in [5.74, 6) is -0.241. The molecule has 0 aromatic heterocycles. The first-order chi connectivity index (χ1) is 7.27. The van der Waals surface area contributed by atoms with Gasteiger partial charge in [-0.25, -0.2) is 0 Å². The van der Waals surface area contributed by atoms with Crippen LogP contribution in [0.2, 0.25) is 0 Å². The van der Waals surface area contributed by atoms with Crippen molar-refractivity contribution in [2.75, 3.05) is 0 Å². The predicted octanol–water partition coefficient (Wildman–Crippen LogP) is 3.78. The molecule has 0 amide bonds. The van der Waals surface area contributed by atoms with Gasteiger partial charge in [0.1, 0.15) is 0 Å². The van der Waals surface area contributed by atoms with Crippen molar-refractivity contribution in [2.45, 2.75) is 22.0 Å². The average Bonchev–Trinajstić information content (AvgIpc) is 2.21. The molecule has 1 unspecified atom stereocenters. The summed E-state index contributed by atoms with van der Waals surface area (Å²) in [5, 5.41) is 0. The highest BCUT2D eigenvalue weighted by Crippen LogP contribution is 2.36. The second kappa shape index (κ2) is 7.49. The normalized spacial score (nSPS) is 16.8. The molecule has 1 aliphatic rings. The number of alkyl halides is 4. The Hall–Kier alpha value is 0.170. The Morgan fingerprint density at radius 1 is 1.12 bits per heavy atom. The van der Waals surface area contributed by atoms with E-state index in [1.54, 1.807) is 0 Å². The lowest BCUT2D eigenvalue weighted by atomic mass is 10.2. The fraction of sp³-hybridized carbons (Fsp3) is 0.400. The highest BCUT2D eigenvalue weighted by Gasteiger charge is 2.28. The van der Waals surface area contributed by atoms with Crippen molar-refractivity contribution in [3.8, 4) is 0 Å². The van der Waals surface area contributed by atoms with E-state index in [9.17, 15) is 9.59 Å². The summed E-state index contributed by atoms with van der Waals surface area (Å²) in [6.07, 6.45) is 5.83. The summed E-state index contributed by atoms with van der Waals surface area (Å²) in [7, 11) is 0. The fourth-order valence-corrected chi connectivity index (χ4v) is 1.13. The van der Waals surface area contributed by atoms with Crippen LogP contribution in [-0.2, 0) is 9.59 Å². The third kappa shape index (κ3) is 7.44. The Kier molecular flexibility index (Phi) is 7.57. The number of carbonyl (C=O) groups is 2. The molecule has 2 nitrogen and oxygen atoms in total. The summed E-state index contributed by atoms with van der Waals surface area (Å²) in [5.41, 5.74) is 0. The van der Waals surface area contributed by atoms with Crippen LogP contribution in [0.5, 0.6) is 0 Å². The Labute approximate surface area is 118 Å².